The number of halogens is 2. The Morgan fingerprint density at radius 2 is 1.67 bits per heavy atom. The van der Waals surface area contributed by atoms with Crippen LogP contribution in [0.15, 0.2) is 82.4 Å². The van der Waals surface area contributed by atoms with Gasteiger partial charge in [-0.1, -0.05) is 54.4 Å². The average molecular weight is 562 g/mol. The van der Waals surface area contributed by atoms with Crippen molar-refractivity contribution in [2.24, 2.45) is 13.0 Å². The Morgan fingerprint density at radius 3 is 2.38 bits per heavy atom. The molecule has 1 aliphatic rings. The molecule has 10 heteroatoms. The summed E-state index contributed by atoms with van der Waals surface area (Å²) in [6.07, 6.45) is 0. The first-order valence-electron chi connectivity index (χ1n) is 12.5. The molecular formula is C29H25Cl2N5O3. The quantitative estimate of drug-likeness (QED) is 0.270. The molecule has 0 amide bonds. The predicted octanol–water partition coefficient (Wildman–Crippen LogP) is 5.83. The third-order valence-corrected chi connectivity index (χ3v) is 7.50. The van der Waals surface area contributed by atoms with E-state index in [2.05, 4.69) is 11.8 Å². The molecule has 6 rings (SSSR count). The third kappa shape index (κ3) is 4.60. The molecule has 198 valence electrons. The van der Waals surface area contributed by atoms with Crippen LogP contribution in [0.2, 0.25) is 10.0 Å². The van der Waals surface area contributed by atoms with Gasteiger partial charge in [0.15, 0.2) is 11.2 Å². The van der Waals surface area contributed by atoms with Crippen LogP contribution in [0.25, 0.3) is 11.2 Å². The number of ether oxygens (including phenoxy) is 1. The first-order chi connectivity index (χ1) is 18.8. The topological polar surface area (TPSA) is 74.3 Å². The van der Waals surface area contributed by atoms with E-state index in [9.17, 15) is 9.59 Å². The van der Waals surface area contributed by atoms with Crippen LogP contribution in [0.4, 0.5) is 11.6 Å². The van der Waals surface area contributed by atoms with Crippen molar-refractivity contribution in [1.29, 1.82) is 0 Å². The van der Waals surface area contributed by atoms with Crippen molar-refractivity contribution in [3.05, 3.63) is 109 Å². The second-order valence-electron chi connectivity index (χ2n) is 9.79. The van der Waals surface area contributed by atoms with E-state index in [0.717, 1.165) is 17.2 Å². The van der Waals surface area contributed by atoms with E-state index >= 15 is 0 Å². The highest BCUT2D eigenvalue weighted by Gasteiger charge is 2.30. The maximum Gasteiger partial charge on any atom is 0.332 e. The van der Waals surface area contributed by atoms with Gasteiger partial charge in [0.2, 0.25) is 5.95 Å². The van der Waals surface area contributed by atoms with Gasteiger partial charge in [-0.15, -0.1) is 0 Å². The first kappa shape index (κ1) is 25.3. The van der Waals surface area contributed by atoms with Crippen LogP contribution in [0.5, 0.6) is 11.5 Å². The Hall–Kier alpha value is -4.01. The van der Waals surface area contributed by atoms with Gasteiger partial charge in [0.05, 0.1) is 6.54 Å². The number of hydrogen-bond acceptors (Lipinski definition) is 5. The van der Waals surface area contributed by atoms with E-state index in [-0.39, 0.29) is 12.5 Å². The van der Waals surface area contributed by atoms with Crippen LogP contribution in [0.1, 0.15) is 12.5 Å². The van der Waals surface area contributed by atoms with E-state index in [4.69, 9.17) is 32.9 Å². The monoisotopic (exact) mass is 561 g/mol. The van der Waals surface area contributed by atoms with Crippen molar-refractivity contribution in [2.75, 3.05) is 11.4 Å². The fourth-order valence-corrected chi connectivity index (χ4v) is 5.47. The number of aromatic nitrogens is 4. The van der Waals surface area contributed by atoms with Gasteiger partial charge in [-0.2, -0.15) is 4.98 Å². The average Bonchev–Trinajstić information content (AvgIpc) is 3.31. The fourth-order valence-electron chi connectivity index (χ4n) is 5.00. The van der Waals surface area contributed by atoms with E-state index in [0.29, 0.717) is 45.8 Å². The molecule has 1 atom stereocenters. The lowest BCUT2D eigenvalue weighted by Gasteiger charge is -2.33. The molecule has 39 heavy (non-hydrogen) atoms. The molecule has 0 aliphatic carbocycles. The minimum Gasteiger partial charge on any atom is -0.457 e. The Morgan fingerprint density at radius 1 is 0.949 bits per heavy atom. The minimum absolute atomic E-state index is 0.0279. The minimum atomic E-state index is -0.462. The molecule has 0 spiro atoms. The zero-order valence-corrected chi connectivity index (χ0v) is 22.9. The normalized spacial score (nSPS) is 15.0. The lowest BCUT2D eigenvalue weighted by Crippen LogP contribution is -2.40. The van der Waals surface area contributed by atoms with Crippen molar-refractivity contribution >= 4 is 46.0 Å². The highest BCUT2D eigenvalue weighted by atomic mass is 35.5. The van der Waals surface area contributed by atoms with Gasteiger partial charge in [0.25, 0.3) is 5.56 Å². The summed E-state index contributed by atoms with van der Waals surface area (Å²) in [5.74, 6) is 2.32. The van der Waals surface area contributed by atoms with Crippen LogP contribution in [0.3, 0.4) is 0 Å². The number of nitrogens with zero attached hydrogens (tertiary/aromatic N) is 5. The smallest absolute Gasteiger partial charge is 0.332 e. The number of aryl methyl sites for hydroxylation is 1. The Labute approximate surface area is 234 Å². The van der Waals surface area contributed by atoms with Gasteiger partial charge in [0.1, 0.15) is 11.5 Å². The van der Waals surface area contributed by atoms with Crippen LogP contribution in [0, 0.1) is 5.92 Å². The number of benzene rings is 3. The SMILES string of the molecule is C[C@H]1CN(c2ccc(Oc3ccccc3)cc2)c2nc3c(c(=O)n(Cc4ccc(Cl)cc4Cl)c(=O)n3C)n2C1. The van der Waals surface area contributed by atoms with Gasteiger partial charge < -0.3 is 14.2 Å². The molecule has 0 N–H and O–H groups in total. The molecule has 2 aromatic heterocycles. The van der Waals surface area contributed by atoms with Gasteiger partial charge in [0, 0.05) is 35.9 Å². The summed E-state index contributed by atoms with van der Waals surface area (Å²) in [7, 11) is 1.63. The number of imidazole rings is 1. The third-order valence-electron chi connectivity index (χ3n) is 6.91. The molecule has 0 saturated carbocycles. The summed E-state index contributed by atoms with van der Waals surface area (Å²) >= 11 is 12.4. The molecular weight excluding hydrogens is 537 g/mol. The number of hydrogen-bond donors (Lipinski definition) is 0. The van der Waals surface area contributed by atoms with Crippen LogP contribution < -0.4 is 20.9 Å². The molecule has 0 saturated heterocycles. The lowest BCUT2D eigenvalue weighted by atomic mass is 10.1. The summed E-state index contributed by atoms with van der Waals surface area (Å²) < 4.78 is 10.5. The molecule has 0 unspecified atom stereocenters. The van der Waals surface area contributed by atoms with Gasteiger partial charge in [-0.05, 0) is 60.0 Å². The summed E-state index contributed by atoms with van der Waals surface area (Å²) in [4.78, 5) is 33.9. The highest BCUT2D eigenvalue weighted by molar-refractivity contribution is 6.35. The van der Waals surface area contributed by atoms with E-state index < -0.39 is 11.2 Å². The van der Waals surface area contributed by atoms with Crippen molar-refractivity contribution in [1.82, 2.24) is 18.7 Å². The van der Waals surface area contributed by atoms with Gasteiger partial charge >= 0.3 is 5.69 Å². The van der Waals surface area contributed by atoms with Crippen molar-refractivity contribution < 1.29 is 4.74 Å². The Kier molecular flexibility index (Phi) is 6.45. The lowest BCUT2D eigenvalue weighted by molar-refractivity contribution is 0.457. The van der Waals surface area contributed by atoms with E-state index in [1.165, 1.54) is 9.13 Å². The van der Waals surface area contributed by atoms with Crippen LogP contribution >= 0.6 is 23.2 Å². The molecule has 5 aromatic rings. The van der Waals surface area contributed by atoms with Crippen molar-refractivity contribution in [3.63, 3.8) is 0 Å². The molecule has 3 heterocycles. The molecule has 0 bridgehead atoms. The second-order valence-corrected chi connectivity index (χ2v) is 10.6. The molecule has 3 aromatic carbocycles. The van der Waals surface area contributed by atoms with E-state index in [1.54, 1.807) is 25.2 Å². The zero-order valence-electron chi connectivity index (χ0n) is 21.3. The molecule has 8 nitrogen and oxygen atoms in total. The standard InChI is InChI=1S/C29H25Cl2N5O3/c1-18-15-34(21-10-12-23(13-11-21)39-22-6-4-3-5-7-22)28-32-26-25(35(28)16-18)27(37)36(29(38)33(26)2)17-19-8-9-20(30)14-24(19)31/h3-14,18H,15-17H2,1-2H3/t18-/m0/s1. The Bertz CT molecular complexity index is 1810. The van der Waals surface area contributed by atoms with Crippen LogP contribution in [-0.2, 0) is 20.1 Å². The molecule has 0 radical (unpaired) electrons. The summed E-state index contributed by atoms with van der Waals surface area (Å²) in [5.41, 5.74) is 1.41. The number of para-hydroxylation sites is 1. The zero-order chi connectivity index (χ0) is 27.3. The summed E-state index contributed by atoms with van der Waals surface area (Å²) in [6.45, 7) is 3.47. The summed E-state index contributed by atoms with van der Waals surface area (Å²) in [6, 6.07) is 22.4. The maximum atomic E-state index is 13.8. The fraction of sp³-hybridized carbons (Fsp3) is 0.207. The number of rotatable bonds is 5. The second kappa shape index (κ2) is 9.94. The van der Waals surface area contributed by atoms with Crippen molar-refractivity contribution in [2.45, 2.75) is 20.0 Å². The van der Waals surface area contributed by atoms with E-state index in [1.807, 2.05) is 59.2 Å². The number of anilines is 2. The molecule has 1 aliphatic heterocycles. The molecule has 0 fully saturated rings. The van der Waals surface area contributed by atoms with Gasteiger partial charge in [-0.3, -0.25) is 13.9 Å². The first-order valence-corrected chi connectivity index (χ1v) is 13.3. The summed E-state index contributed by atoms with van der Waals surface area (Å²) in [5, 5.41) is 0.879. The van der Waals surface area contributed by atoms with Crippen LogP contribution in [-0.4, -0.2) is 25.2 Å². The Balaban J connectivity index is 1.42. The number of fused-ring (bicyclic) bond motifs is 3. The van der Waals surface area contributed by atoms with Crippen molar-refractivity contribution in [3.8, 4) is 11.5 Å². The highest BCUT2D eigenvalue weighted by Crippen LogP contribution is 2.34. The van der Waals surface area contributed by atoms with Gasteiger partial charge in [-0.25, -0.2) is 4.79 Å². The largest absolute Gasteiger partial charge is 0.457 e. The predicted molar refractivity (Wildman–Crippen MR) is 154 cm³/mol. The maximum absolute atomic E-state index is 13.8.